The van der Waals surface area contributed by atoms with Gasteiger partial charge in [0.2, 0.25) is 0 Å². The summed E-state index contributed by atoms with van der Waals surface area (Å²) in [7, 11) is 0. The molecule has 0 fully saturated rings. The summed E-state index contributed by atoms with van der Waals surface area (Å²) in [6.45, 7) is 12.8. The number of pyridine rings is 1. The van der Waals surface area contributed by atoms with Gasteiger partial charge in [-0.3, -0.25) is 4.98 Å². The van der Waals surface area contributed by atoms with Gasteiger partial charge in [0, 0.05) is 30.9 Å². The van der Waals surface area contributed by atoms with Crippen molar-refractivity contribution in [3.8, 4) is 5.75 Å². The van der Waals surface area contributed by atoms with Gasteiger partial charge in [0.25, 0.3) is 0 Å². The second-order valence-corrected chi connectivity index (χ2v) is 5.06. The number of ether oxygens (including phenoxy) is 1. The van der Waals surface area contributed by atoms with E-state index in [4.69, 9.17) is 4.74 Å². The Hall–Kier alpha value is -1.35. The summed E-state index contributed by atoms with van der Waals surface area (Å²) in [5.74, 6) is 1.57. The summed E-state index contributed by atoms with van der Waals surface area (Å²) < 4.78 is 5.76. The predicted octanol–water partition coefficient (Wildman–Crippen LogP) is 3.17. The van der Waals surface area contributed by atoms with Gasteiger partial charge in [0.05, 0.1) is 6.61 Å². The quantitative estimate of drug-likeness (QED) is 0.717. The first-order valence-corrected chi connectivity index (χ1v) is 6.50. The van der Waals surface area contributed by atoms with Crippen molar-refractivity contribution < 1.29 is 4.74 Å². The Morgan fingerprint density at radius 3 is 2.94 bits per heavy atom. The SMILES string of the molecule is C=C(C)CCOc1ccncc1CNCC(C)C. The summed E-state index contributed by atoms with van der Waals surface area (Å²) in [6.07, 6.45) is 4.52. The molecule has 0 saturated carbocycles. The molecule has 3 heteroatoms. The summed E-state index contributed by atoms with van der Waals surface area (Å²) in [6, 6.07) is 1.92. The van der Waals surface area contributed by atoms with Gasteiger partial charge in [-0.05, 0) is 25.5 Å². The lowest BCUT2D eigenvalue weighted by atomic mass is 10.2. The zero-order valence-electron chi connectivity index (χ0n) is 11.7. The van der Waals surface area contributed by atoms with Gasteiger partial charge in [-0.1, -0.05) is 19.4 Å². The maximum Gasteiger partial charge on any atom is 0.126 e. The van der Waals surface area contributed by atoms with Crippen molar-refractivity contribution in [2.75, 3.05) is 13.2 Å². The van der Waals surface area contributed by atoms with Crippen molar-refractivity contribution in [2.24, 2.45) is 5.92 Å². The molecule has 3 nitrogen and oxygen atoms in total. The Morgan fingerprint density at radius 2 is 2.28 bits per heavy atom. The molecule has 0 radical (unpaired) electrons. The third kappa shape index (κ3) is 5.82. The van der Waals surface area contributed by atoms with Crippen molar-refractivity contribution >= 4 is 0 Å². The van der Waals surface area contributed by atoms with Gasteiger partial charge < -0.3 is 10.1 Å². The number of hydrogen-bond acceptors (Lipinski definition) is 3. The van der Waals surface area contributed by atoms with Crippen LogP contribution in [-0.2, 0) is 6.54 Å². The molecule has 0 amide bonds. The van der Waals surface area contributed by atoms with Crippen molar-refractivity contribution in [3.05, 3.63) is 36.2 Å². The molecule has 0 aliphatic heterocycles. The van der Waals surface area contributed by atoms with Crippen LogP contribution in [0.1, 0.15) is 32.8 Å². The number of nitrogens with zero attached hydrogens (tertiary/aromatic N) is 1. The molecule has 0 atom stereocenters. The Balaban J connectivity index is 2.48. The van der Waals surface area contributed by atoms with Gasteiger partial charge in [0.1, 0.15) is 5.75 Å². The normalized spacial score (nSPS) is 10.7. The van der Waals surface area contributed by atoms with Gasteiger partial charge in [0.15, 0.2) is 0 Å². The maximum absolute atomic E-state index is 5.76. The predicted molar refractivity (Wildman–Crippen MR) is 75.7 cm³/mol. The second kappa shape index (κ2) is 7.88. The average molecular weight is 248 g/mol. The van der Waals surface area contributed by atoms with Gasteiger partial charge >= 0.3 is 0 Å². The zero-order valence-corrected chi connectivity index (χ0v) is 11.7. The minimum absolute atomic E-state index is 0.648. The standard InChI is InChI=1S/C15H24N2O/c1-12(2)6-8-18-15-5-7-16-10-14(15)11-17-9-13(3)4/h5,7,10,13,17H,1,6,8-9,11H2,2-4H3. The highest BCUT2D eigenvalue weighted by molar-refractivity contribution is 5.29. The molecule has 1 rings (SSSR count). The molecular weight excluding hydrogens is 224 g/mol. The van der Waals surface area contributed by atoms with E-state index >= 15 is 0 Å². The van der Waals surface area contributed by atoms with Gasteiger partial charge in [-0.25, -0.2) is 0 Å². The highest BCUT2D eigenvalue weighted by Crippen LogP contribution is 2.17. The molecule has 1 aromatic rings. The molecule has 1 N–H and O–H groups in total. The zero-order chi connectivity index (χ0) is 13.4. The number of rotatable bonds is 8. The molecule has 0 saturated heterocycles. The van der Waals surface area contributed by atoms with Crippen LogP contribution in [0.2, 0.25) is 0 Å². The van der Waals surface area contributed by atoms with Crippen LogP contribution in [0.4, 0.5) is 0 Å². The fraction of sp³-hybridized carbons (Fsp3) is 0.533. The largest absolute Gasteiger partial charge is 0.493 e. The molecule has 0 aliphatic carbocycles. The van der Waals surface area contributed by atoms with Crippen LogP contribution in [0.3, 0.4) is 0 Å². The van der Waals surface area contributed by atoms with Crippen molar-refractivity contribution in [3.63, 3.8) is 0 Å². The van der Waals surface area contributed by atoms with Crippen molar-refractivity contribution in [1.29, 1.82) is 0 Å². The molecule has 18 heavy (non-hydrogen) atoms. The molecular formula is C15H24N2O. The highest BCUT2D eigenvalue weighted by atomic mass is 16.5. The third-order valence-electron chi connectivity index (χ3n) is 2.51. The molecule has 100 valence electrons. The van der Waals surface area contributed by atoms with Gasteiger partial charge in [-0.15, -0.1) is 6.58 Å². The molecule has 0 unspecified atom stereocenters. The molecule has 1 heterocycles. The minimum Gasteiger partial charge on any atom is -0.493 e. The molecule has 0 spiro atoms. The Kier molecular flexibility index (Phi) is 6.44. The number of hydrogen-bond donors (Lipinski definition) is 1. The van der Waals surface area contributed by atoms with E-state index in [2.05, 4.69) is 30.7 Å². The second-order valence-electron chi connectivity index (χ2n) is 5.06. The topological polar surface area (TPSA) is 34.1 Å². The summed E-state index contributed by atoms with van der Waals surface area (Å²) >= 11 is 0. The Morgan fingerprint density at radius 1 is 1.50 bits per heavy atom. The lowest BCUT2D eigenvalue weighted by Gasteiger charge is -2.12. The third-order valence-corrected chi connectivity index (χ3v) is 2.51. The number of nitrogens with one attached hydrogen (secondary N) is 1. The molecule has 0 aliphatic rings. The van der Waals surface area contributed by atoms with E-state index in [0.29, 0.717) is 12.5 Å². The average Bonchev–Trinajstić information content (AvgIpc) is 2.30. The molecule has 0 bridgehead atoms. The van der Waals surface area contributed by atoms with Crippen LogP contribution in [0, 0.1) is 5.92 Å². The first kappa shape index (κ1) is 14.7. The summed E-state index contributed by atoms with van der Waals surface area (Å²) in [5.41, 5.74) is 2.25. The monoisotopic (exact) mass is 248 g/mol. The highest BCUT2D eigenvalue weighted by Gasteiger charge is 2.03. The number of aromatic nitrogens is 1. The summed E-state index contributed by atoms with van der Waals surface area (Å²) in [4.78, 5) is 4.15. The fourth-order valence-electron chi connectivity index (χ4n) is 1.52. The van der Waals surface area contributed by atoms with Crippen LogP contribution in [0.15, 0.2) is 30.6 Å². The van der Waals surface area contributed by atoms with E-state index < -0.39 is 0 Å². The van der Waals surface area contributed by atoms with Crippen molar-refractivity contribution in [1.82, 2.24) is 10.3 Å². The minimum atomic E-state index is 0.648. The van der Waals surface area contributed by atoms with E-state index in [1.54, 1.807) is 6.20 Å². The Labute approximate surface area is 110 Å². The van der Waals surface area contributed by atoms with Crippen molar-refractivity contribution in [2.45, 2.75) is 33.7 Å². The van der Waals surface area contributed by atoms with E-state index in [0.717, 1.165) is 36.4 Å². The van der Waals surface area contributed by atoms with Crippen LogP contribution in [0.5, 0.6) is 5.75 Å². The smallest absolute Gasteiger partial charge is 0.126 e. The Bertz CT molecular complexity index is 375. The van der Waals surface area contributed by atoms with Crippen LogP contribution < -0.4 is 10.1 Å². The lowest BCUT2D eigenvalue weighted by molar-refractivity contribution is 0.317. The van der Waals surface area contributed by atoms with Crippen LogP contribution >= 0.6 is 0 Å². The fourth-order valence-corrected chi connectivity index (χ4v) is 1.52. The van der Waals surface area contributed by atoms with E-state index in [-0.39, 0.29) is 0 Å². The van der Waals surface area contributed by atoms with E-state index in [9.17, 15) is 0 Å². The van der Waals surface area contributed by atoms with Crippen LogP contribution in [0.25, 0.3) is 0 Å². The van der Waals surface area contributed by atoms with E-state index in [1.807, 2.05) is 19.2 Å². The summed E-state index contributed by atoms with van der Waals surface area (Å²) in [5, 5.41) is 3.40. The van der Waals surface area contributed by atoms with Gasteiger partial charge in [-0.2, -0.15) is 0 Å². The molecule has 1 aromatic heterocycles. The van der Waals surface area contributed by atoms with Crippen LogP contribution in [-0.4, -0.2) is 18.1 Å². The maximum atomic E-state index is 5.76. The first-order chi connectivity index (χ1) is 8.59. The lowest BCUT2D eigenvalue weighted by Crippen LogP contribution is -2.19. The molecule has 0 aromatic carbocycles. The first-order valence-electron chi connectivity index (χ1n) is 6.50. The van der Waals surface area contributed by atoms with E-state index in [1.165, 1.54) is 0 Å².